The zero-order chi connectivity index (χ0) is 16.8. The van der Waals surface area contributed by atoms with Crippen molar-refractivity contribution in [1.29, 1.82) is 0 Å². The summed E-state index contributed by atoms with van der Waals surface area (Å²) in [5.74, 6) is 0.744. The summed E-state index contributed by atoms with van der Waals surface area (Å²) in [6.45, 7) is 0. The minimum Gasteiger partial charge on any atom is -0.490 e. The topological polar surface area (TPSA) is 52.3 Å². The zero-order valence-corrected chi connectivity index (χ0v) is 14.0. The van der Waals surface area contributed by atoms with Crippen LogP contribution in [0.3, 0.4) is 0 Å². The van der Waals surface area contributed by atoms with Crippen LogP contribution in [0.1, 0.15) is 42.4 Å². The predicted octanol–water partition coefficient (Wildman–Crippen LogP) is 3.82. The number of hydrogen-bond acceptors (Lipinski definition) is 2. The number of unbranched alkanes of at least 4 members (excludes halogenated alkanes) is 1. The van der Waals surface area contributed by atoms with Crippen LogP contribution >= 0.6 is 0 Å². The van der Waals surface area contributed by atoms with E-state index in [0.717, 1.165) is 25.0 Å². The van der Waals surface area contributed by atoms with Gasteiger partial charge in [0.2, 0.25) is 5.91 Å². The minimum atomic E-state index is -0.246. The third kappa shape index (κ3) is 4.38. The maximum Gasteiger partial charge on any atom is 0.217 e. The van der Waals surface area contributed by atoms with E-state index in [1.165, 1.54) is 29.5 Å². The van der Waals surface area contributed by atoms with Crippen molar-refractivity contribution in [3.8, 4) is 5.75 Å². The van der Waals surface area contributed by atoms with Crippen molar-refractivity contribution in [3.63, 3.8) is 0 Å². The van der Waals surface area contributed by atoms with Crippen molar-refractivity contribution in [3.05, 3.63) is 65.2 Å². The van der Waals surface area contributed by atoms with E-state index < -0.39 is 0 Å². The number of nitrogens with two attached hydrogens (primary N) is 1. The second-order valence-electron chi connectivity index (χ2n) is 6.54. The Morgan fingerprint density at radius 2 is 1.88 bits per heavy atom. The van der Waals surface area contributed by atoms with Gasteiger partial charge in [-0.1, -0.05) is 42.5 Å². The van der Waals surface area contributed by atoms with Gasteiger partial charge in [-0.15, -0.1) is 0 Å². The maximum atomic E-state index is 11.0. The van der Waals surface area contributed by atoms with Crippen LogP contribution in [0, 0.1) is 0 Å². The van der Waals surface area contributed by atoms with Crippen molar-refractivity contribution >= 4 is 5.91 Å². The van der Waals surface area contributed by atoms with Gasteiger partial charge in [0.15, 0.2) is 0 Å². The molecule has 0 radical (unpaired) electrons. The molecule has 1 heterocycles. The van der Waals surface area contributed by atoms with Crippen molar-refractivity contribution < 1.29 is 9.53 Å². The highest BCUT2D eigenvalue weighted by Crippen LogP contribution is 2.33. The first-order chi connectivity index (χ1) is 11.7. The van der Waals surface area contributed by atoms with Crippen molar-refractivity contribution in [2.45, 2.75) is 51.0 Å². The van der Waals surface area contributed by atoms with Gasteiger partial charge in [-0.2, -0.15) is 0 Å². The Labute approximate surface area is 143 Å². The lowest BCUT2D eigenvalue weighted by Crippen LogP contribution is -2.13. The van der Waals surface area contributed by atoms with Gasteiger partial charge in [-0.3, -0.25) is 4.79 Å². The quantitative estimate of drug-likeness (QED) is 0.751. The number of carbonyl (C=O) groups is 1. The van der Waals surface area contributed by atoms with Crippen LogP contribution in [0.25, 0.3) is 0 Å². The van der Waals surface area contributed by atoms with Crippen LogP contribution < -0.4 is 10.5 Å². The lowest BCUT2D eigenvalue weighted by molar-refractivity contribution is -0.117. The van der Waals surface area contributed by atoms with Crippen molar-refractivity contribution in [2.75, 3.05) is 0 Å². The van der Waals surface area contributed by atoms with Gasteiger partial charge < -0.3 is 10.5 Å². The molecule has 3 rings (SSSR count). The molecule has 0 saturated carbocycles. The molecule has 0 unspecified atom stereocenters. The highest BCUT2D eigenvalue weighted by Gasteiger charge is 2.24. The van der Waals surface area contributed by atoms with Gasteiger partial charge in [0.25, 0.3) is 0 Å². The van der Waals surface area contributed by atoms with E-state index in [2.05, 4.69) is 36.4 Å². The third-order valence-corrected chi connectivity index (χ3v) is 4.68. The number of benzene rings is 2. The standard InChI is InChI=1S/C21H25NO2/c22-21(23)14-13-17-10-6-12-20-19(17)15-18(24-20)11-5-4-9-16-7-2-1-3-8-16/h1-3,6-8,10,12,18H,4-5,9,11,13-15H2,(H2,22,23)/t18-/m1/s1. The molecule has 1 atom stereocenters. The molecule has 0 aromatic heterocycles. The molecule has 3 heteroatoms. The monoisotopic (exact) mass is 323 g/mol. The normalized spacial score (nSPS) is 15.8. The molecular formula is C21H25NO2. The van der Waals surface area contributed by atoms with Crippen molar-refractivity contribution in [1.82, 2.24) is 0 Å². The van der Waals surface area contributed by atoms with Crippen LogP contribution in [-0.2, 0) is 24.1 Å². The Bertz CT molecular complexity index is 681. The highest BCUT2D eigenvalue weighted by molar-refractivity contribution is 5.74. The number of carbonyl (C=O) groups excluding carboxylic acids is 1. The number of primary amides is 1. The smallest absolute Gasteiger partial charge is 0.217 e. The summed E-state index contributed by atoms with van der Waals surface area (Å²) in [4.78, 5) is 11.0. The predicted molar refractivity (Wildman–Crippen MR) is 96.1 cm³/mol. The molecule has 0 spiro atoms. The third-order valence-electron chi connectivity index (χ3n) is 4.68. The van der Waals surface area contributed by atoms with Crippen LogP contribution in [0.5, 0.6) is 5.75 Å². The number of fused-ring (bicyclic) bond motifs is 1. The number of aryl methyl sites for hydroxylation is 2. The fraction of sp³-hybridized carbons (Fsp3) is 0.381. The van der Waals surface area contributed by atoms with Crippen LogP contribution in [-0.4, -0.2) is 12.0 Å². The van der Waals surface area contributed by atoms with Gasteiger partial charge in [-0.05, 0) is 49.3 Å². The minimum absolute atomic E-state index is 0.246. The Morgan fingerprint density at radius 1 is 1.04 bits per heavy atom. The summed E-state index contributed by atoms with van der Waals surface area (Å²) >= 11 is 0. The van der Waals surface area contributed by atoms with Gasteiger partial charge in [0.05, 0.1) is 0 Å². The highest BCUT2D eigenvalue weighted by atomic mass is 16.5. The molecule has 24 heavy (non-hydrogen) atoms. The lowest BCUT2D eigenvalue weighted by Gasteiger charge is -2.10. The zero-order valence-electron chi connectivity index (χ0n) is 14.0. The Kier molecular flexibility index (Phi) is 5.52. The molecule has 0 saturated heterocycles. The lowest BCUT2D eigenvalue weighted by atomic mass is 9.97. The second-order valence-corrected chi connectivity index (χ2v) is 6.54. The Hall–Kier alpha value is -2.29. The first kappa shape index (κ1) is 16.6. The van der Waals surface area contributed by atoms with Gasteiger partial charge in [0, 0.05) is 18.4 Å². The molecule has 0 aliphatic carbocycles. The van der Waals surface area contributed by atoms with Crippen molar-refractivity contribution in [2.24, 2.45) is 5.73 Å². The summed E-state index contributed by atoms with van der Waals surface area (Å²) in [6, 6.07) is 16.8. The van der Waals surface area contributed by atoms with Gasteiger partial charge in [0.1, 0.15) is 11.9 Å². The summed E-state index contributed by atoms with van der Waals surface area (Å²) in [6.07, 6.45) is 6.90. The van der Waals surface area contributed by atoms with E-state index in [1.54, 1.807) is 0 Å². The fourth-order valence-electron chi connectivity index (χ4n) is 3.40. The van der Waals surface area contributed by atoms with E-state index in [4.69, 9.17) is 10.5 Å². The molecule has 2 N–H and O–H groups in total. The largest absolute Gasteiger partial charge is 0.490 e. The molecule has 2 aromatic rings. The molecule has 3 nitrogen and oxygen atoms in total. The Balaban J connectivity index is 1.47. The number of rotatable bonds is 8. The molecule has 1 aliphatic rings. The van der Waals surface area contributed by atoms with Gasteiger partial charge >= 0.3 is 0 Å². The number of amides is 1. The summed E-state index contributed by atoms with van der Waals surface area (Å²) in [5.41, 5.74) is 9.15. The summed E-state index contributed by atoms with van der Waals surface area (Å²) in [7, 11) is 0. The number of ether oxygens (including phenoxy) is 1. The van der Waals surface area contributed by atoms with Crippen LogP contribution in [0.15, 0.2) is 48.5 Å². The second kappa shape index (κ2) is 8.00. The van der Waals surface area contributed by atoms with E-state index >= 15 is 0 Å². The van der Waals surface area contributed by atoms with Crippen LogP contribution in [0.2, 0.25) is 0 Å². The molecule has 1 amide bonds. The first-order valence-corrected chi connectivity index (χ1v) is 8.82. The molecule has 2 aromatic carbocycles. The average Bonchev–Trinajstić information content (AvgIpc) is 3.01. The fourth-order valence-corrected chi connectivity index (χ4v) is 3.40. The molecule has 0 bridgehead atoms. The maximum absolute atomic E-state index is 11.0. The summed E-state index contributed by atoms with van der Waals surface area (Å²) in [5, 5.41) is 0. The SMILES string of the molecule is NC(=O)CCc1cccc2c1C[C@@H](CCCCc1ccccc1)O2. The number of hydrogen-bond donors (Lipinski definition) is 1. The molecular weight excluding hydrogens is 298 g/mol. The van der Waals surface area contributed by atoms with E-state index in [-0.39, 0.29) is 12.0 Å². The first-order valence-electron chi connectivity index (χ1n) is 8.82. The van der Waals surface area contributed by atoms with Gasteiger partial charge in [-0.25, -0.2) is 0 Å². The molecule has 0 fully saturated rings. The molecule has 126 valence electrons. The van der Waals surface area contributed by atoms with E-state index in [9.17, 15) is 4.79 Å². The Morgan fingerprint density at radius 3 is 2.67 bits per heavy atom. The molecule has 1 aliphatic heterocycles. The van der Waals surface area contributed by atoms with E-state index in [1.807, 2.05) is 12.1 Å². The van der Waals surface area contributed by atoms with Crippen LogP contribution in [0.4, 0.5) is 0 Å². The van der Waals surface area contributed by atoms with E-state index in [0.29, 0.717) is 12.8 Å². The summed E-state index contributed by atoms with van der Waals surface area (Å²) < 4.78 is 6.09. The average molecular weight is 323 g/mol.